The zero-order chi connectivity index (χ0) is 20.9. The number of rotatable bonds is 2. The van der Waals surface area contributed by atoms with Crippen molar-refractivity contribution < 1.29 is 4.79 Å². The Hall–Kier alpha value is -2.58. The summed E-state index contributed by atoms with van der Waals surface area (Å²) in [5, 5.41) is 14.7. The van der Waals surface area contributed by atoms with Crippen LogP contribution in [0.2, 0.25) is 0 Å². The van der Waals surface area contributed by atoms with Crippen molar-refractivity contribution in [2.75, 3.05) is 6.26 Å². The summed E-state index contributed by atoms with van der Waals surface area (Å²) in [5.74, 6) is -0.338. The van der Waals surface area contributed by atoms with Gasteiger partial charge in [-0.3, -0.25) is 10.2 Å². The number of carbonyl (C=O) groups excluding carboxylic acids is 1. The van der Waals surface area contributed by atoms with Crippen molar-refractivity contribution >= 4 is 50.9 Å². The number of thioether (sulfide) groups is 2. The van der Waals surface area contributed by atoms with Crippen LogP contribution >= 0.6 is 23.5 Å². The van der Waals surface area contributed by atoms with Gasteiger partial charge in [0.1, 0.15) is 0 Å². The summed E-state index contributed by atoms with van der Waals surface area (Å²) in [6, 6.07) is 8.48. The molecule has 0 saturated carbocycles. The van der Waals surface area contributed by atoms with Crippen molar-refractivity contribution in [2.45, 2.75) is 27.7 Å². The van der Waals surface area contributed by atoms with Crippen LogP contribution in [0, 0.1) is 33.1 Å². The number of aliphatic imine (C=N–C) groups is 1. The molecule has 1 aromatic carbocycles. The van der Waals surface area contributed by atoms with Crippen LogP contribution in [-0.4, -0.2) is 37.1 Å². The van der Waals surface area contributed by atoms with E-state index in [1.807, 2.05) is 26.2 Å². The number of fused-ring (bicyclic) bond motifs is 1. The van der Waals surface area contributed by atoms with Crippen LogP contribution in [0.25, 0.3) is 11.8 Å². The Kier molecular flexibility index (Phi) is 5.00. The van der Waals surface area contributed by atoms with E-state index >= 15 is 0 Å². The molecule has 2 aromatic rings. The Balaban J connectivity index is 1.77. The van der Waals surface area contributed by atoms with Gasteiger partial charge < -0.3 is 4.57 Å². The number of amides is 1. The molecule has 1 aromatic heterocycles. The second-order valence-electron chi connectivity index (χ2n) is 7.10. The fraction of sp³-hybridized carbons (Fsp3) is 0.238. The quantitative estimate of drug-likeness (QED) is 0.714. The Morgan fingerprint density at radius 3 is 2.45 bits per heavy atom. The molecule has 0 radical (unpaired) electrons. The smallest absolute Gasteiger partial charge is 0.283 e. The SMILES string of the molecule is CSC1=NN2C(=N)/C(=C/c3cc(C)n(-c4cc(C)cc(C)c4)c3C)C(=O)N=C2S1. The lowest BCUT2D eigenvalue weighted by molar-refractivity contribution is -0.114. The van der Waals surface area contributed by atoms with E-state index in [9.17, 15) is 4.79 Å². The molecule has 1 N–H and O–H groups in total. The molecule has 0 saturated heterocycles. The molecule has 2 aliphatic heterocycles. The first-order valence-corrected chi connectivity index (χ1v) is 11.1. The fourth-order valence-electron chi connectivity index (χ4n) is 3.62. The largest absolute Gasteiger partial charge is 0.318 e. The summed E-state index contributed by atoms with van der Waals surface area (Å²) < 4.78 is 2.95. The molecule has 0 bridgehead atoms. The molecular weight excluding hydrogens is 402 g/mol. The maximum absolute atomic E-state index is 12.6. The molecule has 6 nitrogen and oxygen atoms in total. The number of nitrogens with zero attached hydrogens (tertiary/aromatic N) is 4. The number of amidine groups is 2. The van der Waals surface area contributed by atoms with Gasteiger partial charge >= 0.3 is 0 Å². The van der Waals surface area contributed by atoms with Gasteiger partial charge in [-0.05, 0) is 86.7 Å². The van der Waals surface area contributed by atoms with Gasteiger partial charge in [-0.1, -0.05) is 6.07 Å². The van der Waals surface area contributed by atoms with Gasteiger partial charge in [0.05, 0.1) is 5.57 Å². The van der Waals surface area contributed by atoms with Gasteiger partial charge in [-0.25, -0.2) is 0 Å². The molecular formula is C21H21N5OS2. The van der Waals surface area contributed by atoms with Gasteiger partial charge in [0, 0.05) is 17.1 Å². The number of aromatic nitrogens is 1. The van der Waals surface area contributed by atoms with Crippen LogP contribution in [0.3, 0.4) is 0 Å². The topological polar surface area (TPSA) is 73.8 Å². The highest BCUT2D eigenvalue weighted by molar-refractivity contribution is 8.45. The summed E-state index contributed by atoms with van der Waals surface area (Å²) in [4.78, 5) is 16.7. The van der Waals surface area contributed by atoms with Crippen molar-refractivity contribution in [1.29, 1.82) is 5.41 Å². The zero-order valence-corrected chi connectivity index (χ0v) is 18.5. The molecule has 0 fully saturated rings. The van der Waals surface area contributed by atoms with Crippen molar-refractivity contribution in [1.82, 2.24) is 9.58 Å². The highest BCUT2D eigenvalue weighted by Gasteiger charge is 2.35. The van der Waals surface area contributed by atoms with Gasteiger partial charge in [0.25, 0.3) is 5.91 Å². The van der Waals surface area contributed by atoms with Crippen LogP contribution in [0.1, 0.15) is 28.1 Å². The molecule has 8 heteroatoms. The normalized spacial score (nSPS) is 17.7. The first-order valence-electron chi connectivity index (χ1n) is 9.10. The number of nitrogens with one attached hydrogen (secondary N) is 1. The third-order valence-electron chi connectivity index (χ3n) is 4.85. The Morgan fingerprint density at radius 2 is 1.79 bits per heavy atom. The lowest BCUT2D eigenvalue weighted by Gasteiger charge is -2.20. The minimum Gasteiger partial charge on any atom is -0.318 e. The molecule has 0 spiro atoms. The predicted molar refractivity (Wildman–Crippen MR) is 123 cm³/mol. The molecule has 1 amide bonds. The molecule has 4 rings (SSSR count). The van der Waals surface area contributed by atoms with Crippen molar-refractivity contribution in [3.8, 4) is 5.69 Å². The standard InChI is InChI=1S/C21H21N5OS2/c1-11-6-12(2)8-16(7-11)25-13(3)9-15(14(25)4)10-17-18(22)26-20(23-19(17)27)29-21(24-26)28-5/h6-10,22H,1-5H3/b17-10-,22-18?. The molecule has 0 atom stereocenters. The summed E-state index contributed by atoms with van der Waals surface area (Å²) in [7, 11) is 0. The molecule has 0 unspecified atom stereocenters. The first-order chi connectivity index (χ1) is 13.8. The third kappa shape index (κ3) is 3.47. The third-order valence-corrected chi connectivity index (χ3v) is 6.73. The number of hydrazone groups is 1. The summed E-state index contributed by atoms with van der Waals surface area (Å²) in [6.45, 7) is 8.24. The Labute approximate surface area is 178 Å². The van der Waals surface area contributed by atoms with Gasteiger partial charge in [-0.2, -0.15) is 10.0 Å². The second-order valence-corrected chi connectivity index (χ2v) is 9.11. The number of carbonyl (C=O) groups is 1. The van der Waals surface area contributed by atoms with Crippen LogP contribution in [0.4, 0.5) is 0 Å². The van der Waals surface area contributed by atoms with Crippen molar-refractivity contribution in [3.63, 3.8) is 0 Å². The molecule has 29 heavy (non-hydrogen) atoms. The van der Waals surface area contributed by atoms with Gasteiger partial charge in [-0.15, -0.1) is 16.9 Å². The summed E-state index contributed by atoms with van der Waals surface area (Å²) in [6.07, 6.45) is 3.67. The number of hydrogen-bond donors (Lipinski definition) is 1. The molecule has 3 heterocycles. The number of aryl methyl sites for hydroxylation is 3. The zero-order valence-electron chi connectivity index (χ0n) is 16.9. The number of benzene rings is 1. The van der Waals surface area contributed by atoms with Crippen LogP contribution in [0.15, 0.2) is 39.9 Å². The highest BCUT2D eigenvalue weighted by Crippen LogP contribution is 2.32. The summed E-state index contributed by atoms with van der Waals surface area (Å²) in [5.41, 5.74) is 6.73. The van der Waals surface area contributed by atoms with E-state index in [0.717, 1.165) is 27.0 Å². The van der Waals surface area contributed by atoms with E-state index in [2.05, 4.69) is 46.7 Å². The van der Waals surface area contributed by atoms with E-state index < -0.39 is 5.91 Å². The van der Waals surface area contributed by atoms with E-state index in [-0.39, 0.29) is 11.4 Å². The van der Waals surface area contributed by atoms with Crippen LogP contribution in [0.5, 0.6) is 0 Å². The monoisotopic (exact) mass is 423 g/mol. The maximum Gasteiger partial charge on any atom is 0.283 e. The fourth-order valence-corrected chi connectivity index (χ4v) is 4.97. The molecule has 148 valence electrons. The van der Waals surface area contributed by atoms with Crippen LogP contribution in [-0.2, 0) is 4.79 Å². The van der Waals surface area contributed by atoms with E-state index in [1.54, 1.807) is 6.08 Å². The van der Waals surface area contributed by atoms with Gasteiger partial charge in [0.15, 0.2) is 10.2 Å². The minimum atomic E-state index is -0.400. The lowest BCUT2D eigenvalue weighted by atomic mass is 10.1. The average molecular weight is 424 g/mol. The molecule has 2 aliphatic rings. The van der Waals surface area contributed by atoms with E-state index in [1.165, 1.54) is 39.7 Å². The minimum absolute atomic E-state index is 0.0627. The van der Waals surface area contributed by atoms with Gasteiger partial charge in [0.2, 0.25) is 5.17 Å². The Morgan fingerprint density at radius 1 is 1.10 bits per heavy atom. The van der Waals surface area contributed by atoms with E-state index in [0.29, 0.717) is 5.17 Å². The van der Waals surface area contributed by atoms with Crippen molar-refractivity contribution in [2.24, 2.45) is 10.1 Å². The van der Waals surface area contributed by atoms with Crippen molar-refractivity contribution in [3.05, 3.63) is 57.9 Å². The first kappa shape index (κ1) is 19.7. The average Bonchev–Trinajstić information content (AvgIpc) is 3.18. The van der Waals surface area contributed by atoms with E-state index in [4.69, 9.17) is 5.41 Å². The second kappa shape index (κ2) is 7.35. The number of hydrogen-bond acceptors (Lipinski definition) is 5. The highest BCUT2D eigenvalue weighted by atomic mass is 32.2. The lowest BCUT2D eigenvalue weighted by Crippen LogP contribution is -2.35. The predicted octanol–water partition coefficient (Wildman–Crippen LogP) is 4.65. The Bertz CT molecular complexity index is 1140. The summed E-state index contributed by atoms with van der Waals surface area (Å²) >= 11 is 2.79. The van der Waals surface area contributed by atoms with Crippen LogP contribution < -0.4 is 0 Å². The molecule has 0 aliphatic carbocycles. The maximum atomic E-state index is 12.6.